The van der Waals surface area contributed by atoms with E-state index < -0.39 is 5.79 Å². The van der Waals surface area contributed by atoms with Crippen LogP contribution in [0.3, 0.4) is 0 Å². The van der Waals surface area contributed by atoms with Gasteiger partial charge in [0.2, 0.25) is 0 Å². The fourth-order valence-corrected chi connectivity index (χ4v) is 2.34. The zero-order valence-corrected chi connectivity index (χ0v) is 9.18. The Kier molecular flexibility index (Phi) is 3.00. The van der Waals surface area contributed by atoms with Crippen LogP contribution in [-0.2, 0) is 14.2 Å². The standard InChI is InChI=1S/C10H19NO4/c1-10(2)14-8-6(11)5-7(9(8)15-10)13-4-3-12/h6-9,12H,3-5,11H2,1-2H3/t6?,7?,8-,9+/m1/s1. The van der Waals surface area contributed by atoms with Crippen LogP contribution in [0, 0.1) is 0 Å². The van der Waals surface area contributed by atoms with E-state index in [9.17, 15) is 0 Å². The summed E-state index contributed by atoms with van der Waals surface area (Å²) in [4.78, 5) is 0. The number of ether oxygens (including phenoxy) is 3. The molecular formula is C10H19NO4. The van der Waals surface area contributed by atoms with E-state index in [1.165, 1.54) is 0 Å². The minimum absolute atomic E-state index is 0.0212. The van der Waals surface area contributed by atoms with Gasteiger partial charge in [0.05, 0.1) is 19.3 Å². The number of aliphatic hydroxyl groups is 1. The van der Waals surface area contributed by atoms with Gasteiger partial charge in [-0.05, 0) is 20.3 Å². The quantitative estimate of drug-likeness (QED) is 0.674. The first-order chi connectivity index (χ1) is 7.03. The van der Waals surface area contributed by atoms with Crippen molar-refractivity contribution >= 4 is 0 Å². The Labute approximate surface area is 89.5 Å². The van der Waals surface area contributed by atoms with Crippen LogP contribution in [0.5, 0.6) is 0 Å². The Bertz CT molecular complexity index is 233. The van der Waals surface area contributed by atoms with Crippen LogP contribution >= 0.6 is 0 Å². The van der Waals surface area contributed by atoms with Crippen molar-refractivity contribution in [1.29, 1.82) is 0 Å². The van der Waals surface area contributed by atoms with E-state index >= 15 is 0 Å². The lowest BCUT2D eigenvalue weighted by atomic mass is 10.2. The monoisotopic (exact) mass is 217 g/mol. The summed E-state index contributed by atoms with van der Waals surface area (Å²) < 4.78 is 16.9. The normalized spacial score (nSPS) is 43.2. The van der Waals surface area contributed by atoms with Crippen LogP contribution in [0.15, 0.2) is 0 Å². The molecule has 2 aliphatic rings. The second-order valence-corrected chi connectivity index (χ2v) is 4.60. The molecule has 2 rings (SSSR count). The smallest absolute Gasteiger partial charge is 0.163 e. The highest BCUT2D eigenvalue weighted by Gasteiger charge is 2.53. The molecule has 5 heteroatoms. The van der Waals surface area contributed by atoms with E-state index in [0.29, 0.717) is 6.61 Å². The summed E-state index contributed by atoms with van der Waals surface area (Å²) >= 11 is 0. The first kappa shape index (κ1) is 11.3. The van der Waals surface area contributed by atoms with Crippen molar-refractivity contribution in [2.24, 2.45) is 5.73 Å². The molecule has 4 atom stereocenters. The van der Waals surface area contributed by atoms with Crippen molar-refractivity contribution in [3.8, 4) is 0 Å². The molecule has 0 radical (unpaired) electrons. The third-order valence-electron chi connectivity index (χ3n) is 2.88. The van der Waals surface area contributed by atoms with Crippen LogP contribution in [0.4, 0.5) is 0 Å². The van der Waals surface area contributed by atoms with Gasteiger partial charge in [0, 0.05) is 6.04 Å². The van der Waals surface area contributed by atoms with Crippen LogP contribution in [-0.4, -0.2) is 48.5 Å². The molecule has 0 bridgehead atoms. The van der Waals surface area contributed by atoms with Gasteiger partial charge in [-0.1, -0.05) is 0 Å². The van der Waals surface area contributed by atoms with E-state index in [-0.39, 0.29) is 31.0 Å². The van der Waals surface area contributed by atoms with Crippen LogP contribution in [0.25, 0.3) is 0 Å². The maximum atomic E-state index is 8.71. The highest BCUT2D eigenvalue weighted by molar-refractivity contribution is 5.01. The predicted molar refractivity (Wildman–Crippen MR) is 53.2 cm³/mol. The molecule has 0 amide bonds. The molecule has 1 aliphatic heterocycles. The molecule has 15 heavy (non-hydrogen) atoms. The summed E-state index contributed by atoms with van der Waals surface area (Å²) in [6, 6.07) is -0.0412. The minimum atomic E-state index is -0.575. The highest BCUT2D eigenvalue weighted by Crippen LogP contribution is 2.38. The Morgan fingerprint density at radius 3 is 2.73 bits per heavy atom. The fourth-order valence-electron chi connectivity index (χ4n) is 2.34. The number of hydrogen-bond donors (Lipinski definition) is 2. The Hall–Kier alpha value is -0.200. The van der Waals surface area contributed by atoms with Gasteiger partial charge < -0.3 is 25.1 Å². The summed E-state index contributed by atoms with van der Waals surface area (Å²) in [6.45, 7) is 4.10. The molecule has 88 valence electrons. The van der Waals surface area contributed by atoms with E-state index in [0.717, 1.165) is 6.42 Å². The fraction of sp³-hybridized carbons (Fsp3) is 1.00. The zero-order valence-electron chi connectivity index (χ0n) is 9.18. The molecule has 0 spiro atoms. The van der Waals surface area contributed by atoms with Crippen molar-refractivity contribution in [3.63, 3.8) is 0 Å². The first-order valence-corrected chi connectivity index (χ1v) is 5.37. The predicted octanol–water partition coefficient (Wildman–Crippen LogP) is -0.385. The maximum Gasteiger partial charge on any atom is 0.163 e. The lowest BCUT2D eigenvalue weighted by Gasteiger charge is -2.22. The number of aliphatic hydroxyl groups excluding tert-OH is 1. The molecule has 1 saturated carbocycles. The number of hydrogen-bond acceptors (Lipinski definition) is 5. The molecule has 1 heterocycles. The number of fused-ring (bicyclic) bond motifs is 1. The van der Waals surface area contributed by atoms with E-state index in [2.05, 4.69) is 0 Å². The van der Waals surface area contributed by atoms with Crippen LogP contribution in [0.2, 0.25) is 0 Å². The van der Waals surface area contributed by atoms with Gasteiger partial charge in [-0.3, -0.25) is 0 Å². The third kappa shape index (κ3) is 2.16. The lowest BCUT2D eigenvalue weighted by Crippen LogP contribution is -2.35. The zero-order chi connectivity index (χ0) is 11.1. The van der Waals surface area contributed by atoms with Crippen molar-refractivity contribution in [3.05, 3.63) is 0 Å². The molecule has 0 aromatic carbocycles. The number of rotatable bonds is 3. The summed E-state index contributed by atoms with van der Waals surface area (Å²) in [5.41, 5.74) is 5.96. The Morgan fingerprint density at radius 2 is 2.07 bits per heavy atom. The summed E-state index contributed by atoms with van der Waals surface area (Å²) in [5, 5.41) is 8.71. The van der Waals surface area contributed by atoms with E-state index in [1.807, 2.05) is 13.8 Å². The van der Waals surface area contributed by atoms with E-state index in [1.54, 1.807) is 0 Å². The van der Waals surface area contributed by atoms with Gasteiger partial charge in [-0.2, -0.15) is 0 Å². The molecule has 0 aromatic rings. The average Bonchev–Trinajstić information content (AvgIpc) is 2.60. The third-order valence-corrected chi connectivity index (χ3v) is 2.88. The maximum absolute atomic E-state index is 8.71. The van der Waals surface area contributed by atoms with Crippen molar-refractivity contribution in [1.82, 2.24) is 0 Å². The lowest BCUT2D eigenvalue weighted by molar-refractivity contribution is -0.168. The summed E-state index contributed by atoms with van der Waals surface area (Å²) in [7, 11) is 0. The Balaban J connectivity index is 1.99. The van der Waals surface area contributed by atoms with Gasteiger partial charge >= 0.3 is 0 Å². The molecule has 3 N–H and O–H groups in total. The molecular weight excluding hydrogens is 198 g/mol. The van der Waals surface area contributed by atoms with Gasteiger partial charge in [0.15, 0.2) is 5.79 Å². The molecule has 1 aliphatic carbocycles. The van der Waals surface area contributed by atoms with E-state index in [4.69, 9.17) is 25.1 Å². The average molecular weight is 217 g/mol. The molecule has 2 unspecified atom stereocenters. The molecule has 1 saturated heterocycles. The summed E-state index contributed by atoms with van der Waals surface area (Å²) in [6.07, 6.45) is 0.495. The van der Waals surface area contributed by atoms with Crippen LogP contribution in [0.1, 0.15) is 20.3 Å². The minimum Gasteiger partial charge on any atom is -0.394 e. The second-order valence-electron chi connectivity index (χ2n) is 4.60. The van der Waals surface area contributed by atoms with Gasteiger partial charge in [-0.25, -0.2) is 0 Å². The van der Waals surface area contributed by atoms with Crippen LogP contribution < -0.4 is 5.73 Å². The first-order valence-electron chi connectivity index (χ1n) is 5.37. The molecule has 0 aromatic heterocycles. The molecule has 2 fully saturated rings. The SMILES string of the molecule is CC1(C)O[C@@H]2C(N)CC(OCCO)[C@@H]2O1. The number of nitrogens with two attached hydrogens (primary N) is 1. The summed E-state index contributed by atoms with van der Waals surface area (Å²) in [5.74, 6) is -0.575. The highest BCUT2D eigenvalue weighted by atomic mass is 16.8. The molecule has 5 nitrogen and oxygen atoms in total. The van der Waals surface area contributed by atoms with Crippen molar-refractivity contribution in [2.45, 2.75) is 50.4 Å². The largest absolute Gasteiger partial charge is 0.394 e. The second kappa shape index (κ2) is 3.99. The topological polar surface area (TPSA) is 73.9 Å². The van der Waals surface area contributed by atoms with Crippen molar-refractivity contribution in [2.75, 3.05) is 13.2 Å². The van der Waals surface area contributed by atoms with Gasteiger partial charge in [-0.15, -0.1) is 0 Å². The Morgan fingerprint density at radius 1 is 1.40 bits per heavy atom. The van der Waals surface area contributed by atoms with Gasteiger partial charge in [0.1, 0.15) is 12.2 Å². The van der Waals surface area contributed by atoms with Crippen molar-refractivity contribution < 1.29 is 19.3 Å². The van der Waals surface area contributed by atoms with Gasteiger partial charge in [0.25, 0.3) is 0 Å².